The molecule has 4 rings (SSSR count). The number of anilines is 1. The predicted octanol–water partition coefficient (Wildman–Crippen LogP) is 5.13. The maximum Gasteiger partial charge on any atom is 0.262 e. The summed E-state index contributed by atoms with van der Waals surface area (Å²) in [6.07, 6.45) is 2.64. The van der Waals surface area contributed by atoms with E-state index in [2.05, 4.69) is 21.2 Å². The van der Waals surface area contributed by atoms with E-state index in [1.807, 2.05) is 65.6 Å². The lowest BCUT2D eigenvalue weighted by atomic mass is 10.1. The number of carbonyl (C=O) groups excluding carboxylic acids is 2. The fraction of sp³-hybridized carbons (Fsp3) is 0.250. The molecule has 0 spiro atoms. The number of amides is 2. The molecule has 1 saturated heterocycles. The van der Waals surface area contributed by atoms with Crippen LogP contribution in [0.15, 0.2) is 65.1 Å². The third-order valence-electron chi connectivity index (χ3n) is 5.15. The first-order chi connectivity index (χ1) is 14.6. The van der Waals surface area contributed by atoms with Gasteiger partial charge in [0.05, 0.1) is 0 Å². The maximum atomic E-state index is 12.3. The highest BCUT2D eigenvalue weighted by Crippen LogP contribution is 2.24. The molecule has 1 heterocycles. The average Bonchev–Trinajstić information content (AvgIpc) is 2.74. The van der Waals surface area contributed by atoms with Gasteiger partial charge in [0.25, 0.3) is 5.91 Å². The van der Waals surface area contributed by atoms with Gasteiger partial charge in [0, 0.05) is 29.7 Å². The second kappa shape index (κ2) is 9.30. The Bertz CT molecular complexity index is 1080. The Labute approximate surface area is 184 Å². The van der Waals surface area contributed by atoms with E-state index >= 15 is 0 Å². The number of likely N-dealkylation sites (tertiary alicyclic amines) is 1. The number of benzene rings is 3. The smallest absolute Gasteiger partial charge is 0.262 e. The minimum absolute atomic E-state index is 0.0725. The molecule has 1 N–H and O–H groups in total. The van der Waals surface area contributed by atoms with Crippen LogP contribution in [-0.2, 0) is 16.1 Å². The minimum Gasteiger partial charge on any atom is -0.484 e. The van der Waals surface area contributed by atoms with Crippen molar-refractivity contribution in [1.29, 1.82) is 0 Å². The fourth-order valence-corrected chi connectivity index (χ4v) is 4.01. The van der Waals surface area contributed by atoms with Crippen LogP contribution in [-0.4, -0.2) is 29.9 Å². The molecule has 3 aromatic rings. The van der Waals surface area contributed by atoms with E-state index in [9.17, 15) is 9.59 Å². The van der Waals surface area contributed by atoms with E-state index in [0.29, 0.717) is 24.4 Å². The molecule has 0 aliphatic carbocycles. The monoisotopic (exact) mass is 466 g/mol. The highest BCUT2D eigenvalue weighted by atomic mass is 79.9. The van der Waals surface area contributed by atoms with Crippen molar-refractivity contribution in [2.45, 2.75) is 25.8 Å². The number of fused-ring (bicyclic) bond motifs is 1. The van der Waals surface area contributed by atoms with Crippen LogP contribution in [0.4, 0.5) is 5.69 Å². The van der Waals surface area contributed by atoms with Crippen LogP contribution in [0.2, 0.25) is 0 Å². The molecule has 154 valence electrons. The second-order valence-electron chi connectivity index (χ2n) is 7.46. The number of ether oxygens (including phenoxy) is 1. The van der Waals surface area contributed by atoms with Gasteiger partial charge in [-0.25, -0.2) is 0 Å². The molecule has 6 heteroatoms. The third kappa shape index (κ3) is 5.19. The van der Waals surface area contributed by atoms with Gasteiger partial charge in [-0.3, -0.25) is 9.59 Å². The fourth-order valence-electron chi connectivity index (χ4n) is 3.63. The summed E-state index contributed by atoms with van der Waals surface area (Å²) < 4.78 is 6.69. The first kappa shape index (κ1) is 20.4. The summed E-state index contributed by atoms with van der Waals surface area (Å²) in [5.41, 5.74) is 1.71. The molecule has 3 aromatic carbocycles. The zero-order valence-corrected chi connectivity index (χ0v) is 18.2. The number of carbonyl (C=O) groups is 2. The van der Waals surface area contributed by atoms with Crippen molar-refractivity contribution >= 4 is 44.2 Å². The van der Waals surface area contributed by atoms with Gasteiger partial charge < -0.3 is 15.0 Å². The lowest BCUT2D eigenvalue weighted by molar-refractivity contribution is -0.133. The Morgan fingerprint density at radius 1 is 1.03 bits per heavy atom. The number of nitrogens with zero attached hydrogens (tertiary/aromatic N) is 1. The van der Waals surface area contributed by atoms with E-state index < -0.39 is 0 Å². The van der Waals surface area contributed by atoms with Crippen LogP contribution in [0, 0.1) is 0 Å². The topological polar surface area (TPSA) is 58.6 Å². The summed E-state index contributed by atoms with van der Waals surface area (Å²) in [5.74, 6) is 0.626. The Morgan fingerprint density at radius 3 is 2.73 bits per heavy atom. The Morgan fingerprint density at radius 2 is 1.87 bits per heavy atom. The van der Waals surface area contributed by atoms with Crippen LogP contribution in [0.25, 0.3) is 10.8 Å². The molecular weight excluding hydrogens is 444 g/mol. The first-order valence-electron chi connectivity index (χ1n) is 10.1. The highest BCUT2D eigenvalue weighted by molar-refractivity contribution is 9.10. The molecule has 1 aliphatic heterocycles. The lowest BCUT2D eigenvalue weighted by Gasteiger charge is -2.26. The summed E-state index contributed by atoms with van der Waals surface area (Å²) in [6.45, 7) is 1.30. The zero-order chi connectivity index (χ0) is 20.9. The molecular formula is C24H23BrN2O3. The molecule has 30 heavy (non-hydrogen) atoms. The number of piperidine rings is 1. The number of rotatable bonds is 6. The molecule has 1 fully saturated rings. The van der Waals surface area contributed by atoms with Crippen LogP contribution in [0.5, 0.6) is 5.75 Å². The van der Waals surface area contributed by atoms with Gasteiger partial charge in [0.15, 0.2) is 6.61 Å². The minimum atomic E-state index is -0.225. The van der Waals surface area contributed by atoms with Crippen molar-refractivity contribution in [2.24, 2.45) is 0 Å². The highest BCUT2D eigenvalue weighted by Gasteiger charge is 2.18. The summed E-state index contributed by atoms with van der Waals surface area (Å²) in [7, 11) is 0. The lowest BCUT2D eigenvalue weighted by Crippen LogP contribution is -2.34. The van der Waals surface area contributed by atoms with Gasteiger partial charge in [-0.15, -0.1) is 0 Å². The Balaban J connectivity index is 1.33. The number of hydrogen-bond acceptors (Lipinski definition) is 3. The number of halogens is 1. The molecule has 0 saturated carbocycles. The maximum absolute atomic E-state index is 12.3. The quantitative estimate of drug-likeness (QED) is 0.547. The van der Waals surface area contributed by atoms with Crippen LogP contribution < -0.4 is 10.1 Å². The van der Waals surface area contributed by atoms with Crippen molar-refractivity contribution < 1.29 is 14.3 Å². The van der Waals surface area contributed by atoms with Gasteiger partial charge in [-0.1, -0.05) is 40.2 Å². The van der Waals surface area contributed by atoms with Gasteiger partial charge in [0.1, 0.15) is 5.75 Å². The van der Waals surface area contributed by atoms with Gasteiger partial charge in [-0.2, -0.15) is 0 Å². The third-order valence-corrected chi connectivity index (χ3v) is 5.64. The molecule has 2 amide bonds. The first-order valence-corrected chi connectivity index (χ1v) is 10.8. The number of hydrogen-bond donors (Lipinski definition) is 1. The summed E-state index contributed by atoms with van der Waals surface area (Å²) in [5, 5.41) is 5.03. The van der Waals surface area contributed by atoms with Crippen molar-refractivity contribution in [3.8, 4) is 5.75 Å². The van der Waals surface area contributed by atoms with E-state index in [1.54, 1.807) is 0 Å². The van der Waals surface area contributed by atoms with Crippen molar-refractivity contribution in [3.63, 3.8) is 0 Å². The van der Waals surface area contributed by atoms with Crippen molar-refractivity contribution in [2.75, 3.05) is 18.5 Å². The SMILES string of the molecule is O=C(COc1ccc2cc(Br)ccc2c1)Nc1cccc(CN2CCCCC2=O)c1. The van der Waals surface area contributed by atoms with Gasteiger partial charge in [0.2, 0.25) is 5.91 Å². The van der Waals surface area contributed by atoms with Gasteiger partial charge in [-0.05, 0) is 65.6 Å². The Kier molecular flexibility index (Phi) is 6.33. The van der Waals surface area contributed by atoms with Crippen molar-refractivity contribution in [1.82, 2.24) is 4.90 Å². The van der Waals surface area contributed by atoms with E-state index in [4.69, 9.17) is 4.74 Å². The summed E-state index contributed by atoms with van der Waals surface area (Å²) in [4.78, 5) is 26.2. The molecule has 0 unspecified atom stereocenters. The largest absolute Gasteiger partial charge is 0.484 e. The number of nitrogens with one attached hydrogen (secondary N) is 1. The molecule has 1 aliphatic rings. The average molecular weight is 467 g/mol. The Hall–Kier alpha value is -2.86. The van der Waals surface area contributed by atoms with E-state index in [0.717, 1.165) is 40.2 Å². The molecule has 0 aromatic heterocycles. The van der Waals surface area contributed by atoms with Crippen LogP contribution in [0.3, 0.4) is 0 Å². The molecule has 0 radical (unpaired) electrons. The van der Waals surface area contributed by atoms with Crippen LogP contribution >= 0.6 is 15.9 Å². The zero-order valence-electron chi connectivity index (χ0n) is 16.6. The van der Waals surface area contributed by atoms with Crippen molar-refractivity contribution in [3.05, 3.63) is 70.7 Å². The summed E-state index contributed by atoms with van der Waals surface area (Å²) >= 11 is 3.46. The standard InChI is InChI=1S/C24H23BrN2O3/c25-20-9-7-19-14-22(10-8-18(19)13-20)30-16-23(28)26-21-5-3-4-17(12-21)15-27-11-2-1-6-24(27)29/h3-5,7-10,12-14H,1-2,6,11,15-16H2,(H,26,28). The van der Waals surface area contributed by atoms with E-state index in [-0.39, 0.29) is 18.4 Å². The normalized spacial score (nSPS) is 14.0. The molecule has 0 bridgehead atoms. The van der Waals surface area contributed by atoms with E-state index in [1.165, 1.54) is 0 Å². The molecule has 5 nitrogen and oxygen atoms in total. The predicted molar refractivity (Wildman–Crippen MR) is 121 cm³/mol. The summed E-state index contributed by atoms with van der Waals surface area (Å²) in [6, 6.07) is 19.4. The molecule has 0 atom stereocenters. The van der Waals surface area contributed by atoms with Gasteiger partial charge >= 0.3 is 0 Å². The second-order valence-corrected chi connectivity index (χ2v) is 8.38. The van der Waals surface area contributed by atoms with Crippen LogP contribution in [0.1, 0.15) is 24.8 Å².